The van der Waals surface area contributed by atoms with E-state index >= 15 is 0 Å². The van der Waals surface area contributed by atoms with E-state index in [1.807, 2.05) is 101 Å². The van der Waals surface area contributed by atoms with Crippen LogP contribution in [0, 0.1) is 0 Å². The summed E-state index contributed by atoms with van der Waals surface area (Å²) in [6.07, 6.45) is 5.47. The molecule has 0 unspecified atom stereocenters. The monoisotopic (exact) mass is 399 g/mol. The van der Waals surface area contributed by atoms with Crippen LogP contribution in [-0.4, -0.2) is 27.6 Å². The zero-order valence-corrected chi connectivity index (χ0v) is 16.9. The molecule has 0 fully saturated rings. The van der Waals surface area contributed by atoms with Crippen molar-refractivity contribution in [3.63, 3.8) is 0 Å². The molecule has 0 N–H and O–H groups in total. The fourth-order valence-corrected chi connectivity index (χ4v) is 3.70. The predicted molar refractivity (Wildman–Crippen MR) is 119 cm³/mol. The second-order valence-electron chi connectivity index (χ2n) is 6.73. The summed E-state index contributed by atoms with van der Waals surface area (Å²) < 4.78 is 1.87. The first-order chi connectivity index (χ1) is 14.2. The Hall–Kier alpha value is -3.44. The maximum absolute atomic E-state index is 12.6. The Labute approximate surface area is 174 Å². The van der Waals surface area contributed by atoms with Gasteiger partial charge in [0.25, 0.3) is 0 Å². The number of rotatable bonds is 6. The van der Waals surface area contributed by atoms with Gasteiger partial charge in [0.1, 0.15) is 0 Å². The van der Waals surface area contributed by atoms with Crippen LogP contribution in [0.5, 0.6) is 0 Å². The molecule has 1 amide bonds. The van der Waals surface area contributed by atoms with E-state index in [0.717, 1.165) is 28.1 Å². The van der Waals surface area contributed by atoms with E-state index in [2.05, 4.69) is 0 Å². The first-order valence-corrected chi connectivity index (χ1v) is 10.3. The van der Waals surface area contributed by atoms with Crippen LogP contribution in [0.15, 0.2) is 89.8 Å². The minimum absolute atomic E-state index is 0.0392. The molecule has 29 heavy (non-hydrogen) atoms. The third-order valence-corrected chi connectivity index (χ3v) is 5.30. The summed E-state index contributed by atoms with van der Waals surface area (Å²) >= 11 is 1.62. The first-order valence-electron chi connectivity index (χ1n) is 9.35. The maximum Gasteiger partial charge on any atom is 0.246 e. The molecule has 0 aliphatic heterocycles. The smallest absolute Gasteiger partial charge is 0.246 e. The van der Waals surface area contributed by atoms with E-state index < -0.39 is 0 Å². The zero-order chi connectivity index (χ0) is 20.1. The van der Waals surface area contributed by atoms with Crippen LogP contribution in [0.25, 0.3) is 23.0 Å². The summed E-state index contributed by atoms with van der Waals surface area (Å²) in [5.74, 6) is -0.0392. The zero-order valence-electron chi connectivity index (χ0n) is 16.1. The normalized spacial score (nSPS) is 11.1. The minimum Gasteiger partial charge on any atom is -0.338 e. The minimum atomic E-state index is -0.0392. The molecule has 0 atom stereocenters. The van der Waals surface area contributed by atoms with Gasteiger partial charge in [0.15, 0.2) is 0 Å². The fourth-order valence-electron chi connectivity index (χ4n) is 3.08. The maximum atomic E-state index is 12.6. The number of amides is 1. The lowest BCUT2D eigenvalue weighted by atomic mass is 10.1. The van der Waals surface area contributed by atoms with Gasteiger partial charge < -0.3 is 4.90 Å². The average molecular weight is 400 g/mol. The predicted octanol–water partition coefficient (Wildman–Crippen LogP) is 5.27. The molecule has 0 bridgehead atoms. The highest BCUT2D eigenvalue weighted by molar-refractivity contribution is 7.08. The number of thiophene rings is 1. The molecule has 2 aromatic heterocycles. The number of nitrogens with zero attached hydrogens (tertiary/aromatic N) is 3. The molecule has 2 heterocycles. The van der Waals surface area contributed by atoms with Crippen molar-refractivity contribution in [3.8, 4) is 16.9 Å². The Kier molecular flexibility index (Phi) is 5.68. The summed E-state index contributed by atoms with van der Waals surface area (Å²) in [5.41, 5.74) is 4.95. The lowest BCUT2D eigenvalue weighted by Crippen LogP contribution is -2.24. The molecule has 144 valence electrons. The van der Waals surface area contributed by atoms with E-state index in [-0.39, 0.29) is 5.91 Å². The van der Waals surface area contributed by atoms with Crippen LogP contribution in [-0.2, 0) is 11.3 Å². The molecule has 4 aromatic rings. The molecule has 0 spiro atoms. The van der Waals surface area contributed by atoms with E-state index in [4.69, 9.17) is 5.10 Å². The number of likely N-dealkylation sites (N-methyl/N-ethyl adjacent to an activating group) is 1. The number of carbonyl (C=O) groups excluding carboxylic acids is 1. The summed E-state index contributed by atoms with van der Waals surface area (Å²) in [4.78, 5) is 14.3. The van der Waals surface area contributed by atoms with Crippen molar-refractivity contribution >= 4 is 23.3 Å². The number of aromatic nitrogens is 2. The molecule has 0 saturated heterocycles. The van der Waals surface area contributed by atoms with Gasteiger partial charge in [-0.1, -0.05) is 48.5 Å². The topological polar surface area (TPSA) is 38.1 Å². The Morgan fingerprint density at radius 3 is 2.48 bits per heavy atom. The largest absolute Gasteiger partial charge is 0.338 e. The van der Waals surface area contributed by atoms with Crippen molar-refractivity contribution < 1.29 is 4.79 Å². The van der Waals surface area contributed by atoms with Crippen molar-refractivity contribution in [1.82, 2.24) is 14.7 Å². The summed E-state index contributed by atoms with van der Waals surface area (Å²) in [5, 5.41) is 8.82. The summed E-state index contributed by atoms with van der Waals surface area (Å²) in [6, 6.07) is 22.1. The number of carbonyl (C=O) groups is 1. The summed E-state index contributed by atoms with van der Waals surface area (Å²) in [6.45, 7) is 0.476. The van der Waals surface area contributed by atoms with Gasteiger partial charge in [-0.05, 0) is 40.6 Å². The molecule has 4 nitrogen and oxygen atoms in total. The van der Waals surface area contributed by atoms with Gasteiger partial charge in [0, 0.05) is 37.0 Å². The molecule has 4 rings (SSSR count). The fraction of sp³-hybridized carbons (Fsp3) is 0.0833. The van der Waals surface area contributed by atoms with Crippen LogP contribution in [0.3, 0.4) is 0 Å². The van der Waals surface area contributed by atoms with Crippen molar-refractivity contribution in [2.45, 2.75) is 6.54 Å². The third kappa shape index (κ3) is 4.52. The highest BCUT2D eigenvalue weighted by Crippen LogP contribution is 2.24. The highest BCUT2D eigenvalue weighted by atomic mass is 32.1. The highest BCUT2D eigenvalue weighted by Gasteiger charge is 2.15. The van der Waals surface area contributed by atoms with Crippen LogP contribution in [0.1, 0.15) is 11.1 Å². The Bertz CT molecular complexity index is 1100. The molecule has 0 aliphatic rings. The van der Waals surface area contributed by atoms with Gasteiger partial charge >= 0.3 is 0 Å². The van der Waals surface area contributed by atoms with Crippen LogP contribution in [0.2, 0.25) is 0 Å². The number of para-hydroxylation sites is 1. The van der Waals surface area contributed by atoms with Crippen LogP contribution < -0.4 is 0 Å². The molecule has 0 saturated carbocycles. The van der Waals surface area contributed by atoms with E-state index in [1.165, 1.54) is 0 Å². The second-order valence-corrected chi connectivity index (χ2v) is 7.51. The van der Waals surface area contributed by atoms with Gasteiger partial charge in [0.05, 0.1) is 11.4 Å². The lowest BCUT2D eigenvalue weighted by molar-refractivity contribution is -0.125. The number of hydrogen-bond acceptors (Lipinski definition) is 3. The van der Waals surface area contributed by atoms with Gasteiger partial charge in [-0.25, -0.2) is 4.68 Å². The van der Waals surface area contributed by atoms with Crippen molar-refractivity contribution in [2.24, 2.45) is 0 Å². The molecule has 5 heteroatoms. The first kappa shape index (κ1) is 18.9. The van der Waals surface area contributed by atoms with E-state index in [1.54, 1.807) is 22.3 Å². The SMILES string of the molecule is CN(Cc1cn(-c2ccccc2)nc1-c1ccccc1)C(=O)/C=C/c1ccsc1. The van der Waals surface area contributed by atoms with E-state index in [0.29, 0.717) is 6.54 Å². The van der Waals surface area contributed by atoms with Crippen LogP contribution >= 0.6 is 11.3 Å². The number of hydrogen-bond donors (Lipinski definition) is 0. The van der Waals surface area contributed by atoms with Gasteiger partial charge in [0.2, 0.25) is 5.91 Å². The Morgan fingerprint density at radius 1 is 1.07 bits per heavy atom. The average Bonchev–Trinajstić information content (AvgIpc) is 3.43. The molecular weight excluding hydrogens is 378 g/mol. The molecule has 0 aliphatic carbocycles. The van der Waals surface area contributed by atoms with Gasteiger partial charge in [-0.3, -0.25) is 4.79 Å². The third-order valence-electron chi connectivity index (χ3n) is 4.60. The Morgan fingerprint density at radius 2 is 1.79 bits per heavy atom. The van der Waals surface area contributed by atoms with Crippen molar-refractivity contribution in [2.75, 3.05) is 7.05 Å². The second kappa shape index (κ2) is 8.71. The summed E-state index contributed by atoms with van der Waals surface area (Å²) in [7, 11) is 1.81. The molecule has 0 radical (unpaired) electrons. The van der Waals surface area contributed by atoms with Crippen molar-refractivity contribution in [3.05, 3.63) is 101 Å². The lowest BCUT2D eigenvalue weighted by Gasteiger charge is -2.15. The standard InChI is InChI=1S/C24H21N3OS/c1-26(23(28)13-12-19-14-15-29-18-19)16-21-17-27(22-10-6-3-7-11-22)25-24(21)20-8-4-2-5-9-20/h2-15,17-18H,16H2,1H3/b13-12+. The molecule has 2 aromatic carbocycles. The molecular formula is C24H21N3OS. The van der Waals surface area contributed by atoms with Gasteiger partial charge in [-0.2, -0.15) is 16.4 Å². The Balaban J connectivity index is 1.61. The van der Waals surface area contributed by atoms with Gasteiger partial charge in [-0.15, -0.1) is 0 Å². The van der Waals surface area contributed by atoms with Crippen molar-refractivity contribution in [1.29, 1.82) is 0 Å². The van der Waals surface area contributed by atoms with E-state index in [9.17, 15) is 4.79 Å². The number of benzene rings is 2. The quantitative estimate of drug-likeness (QED) is 0.414. The van der Waals surface area contributed by atoms with Crippen LogP contribution in [0.4, 0.5) is 0 Å².